The summed E-state index contributed by atoms with van der Waals surface area (Å²) >= 11 is 0. The molecule has 0 bridgehead atoms. The summed E-state index contributed by atoms with van der Waals surface area (Å²) in [7, 11) is 0. The lowest BCUT2D eigenvalue weighted by atomic mass is 9.88. The van der Waals surface area contributed by atoms with Gasteiger partial charge in [0.15, 0.2) is 5.78 Å². The van der Waals surface area contributed by atoms with Gasteiger partial charge < -0.3 is 14.9 Å². The third kappa shape index (κ3) is 4.79. The van der Waals surface area contributed by atoms with Crippen molar-refractivity contribution in [2.24, 2.45) is 11.8 Å². The van der Waals surface area contributed by atoms with E-state index in [1.807, 2.05) is 36.1 Å². The molecule has 162 valence electrons. The second-order valence-electron chi connectivity index (χ2n) is 8.67. The Hall–Kier alpha value is -3.15. The lowest BCUT2D eigenvalue weighted by Crippen LogP contribution is -2.43. The van der Waals surface area contributed by atoms with E-state index in [1.54, 1.807) is 17.0 Å². The van der Waals surface area contributed by atoms with Gasteiger partial charge in [0.2, 0.25) is 11.8 Å². The molecule has 0 radical (unpaired) electrons. The molecule has 2 aliphatic rings. The van der Waals surface area contributed by atoms with Crippen LogP contribution in [0.2, 0.25) is 0 Å². The zero-order valence-corrected chi connectivity index (χ0v) is 17.8. The van der Waals surface area contributed by atoms with Crippen molar-refractivity contribution in [1.82, 2.24) is 9.80 Å². The predicted octanol–water partition coefficient (Wildman–Crippen LogP) is 3.17. The van der Waals surface area contributed by atoms with Crippen LogP contribution in [-0.4, -0.2) is 52.1 Å². The van der Waals surface area contributed by atoms with Gasteiger partial charge in [-0.15, -0.1) is 0 Å². The zero-order valence-electron chi connectivity index (χ0n) is 17.8. The van der Waals surface area contributed by atoms with Gasteiger partial charge >= 0.3 is 0 Å². The number of amides is 2. The van der Waals surface area contributed by atoms with E-state index in [1.165, 1.54) is 17.7 Å². The highest BCUT2D eigenvalue weighted by atomic mass is 16.3. The molecule has 1 N–H and O–H groups in total. The van der Waals surface area contributed by atoms with Crippen molar-refractivity contribution in [2.45, 2.75) is 32.7 Å². The van der Waals surface area contributed by atoms with E-state index in [9.17, 15) is 19.5 Å². The molecule has 2 aliphatic heterocycles. The first-order chi connectivity index (χ1) is 14.9. The average Bonchev–Trinajstić information content (AvgIpc) is 3.15. The minimum atomic E-state index is -0.303. The molecule has 1 unspecified atom stereocenters. The summed E-state index contributed by atoms with van der Waals surface area (Å²) in [6.07, 6.45) is 1.51. The van der Waals surface area contributed by atoms with E-state index in [4.69, 9.17) is 0 Å². The largest absolute Gasteiger partial charge is 0.508 e. The Kier molecular flexibility index (Phi) is 6.07. The number of aromatic hydroxyl groups is 1. The summed E-state index contributed by atoms with van der Waals surface area (Å²) in [6, 6.07) is 14.4. The van der Waals surface area contributed by atoms with Crippen LogP contribution < -0.4 is 0 Å². The second-order valence-corrected chi connectivity index (χ2v) is 8.67. The number of rotatable bonds is 5. The van der Waals surface area contributed by atoms with Crippen LogP contribution in [0.3, 0.4) is 0 Å². The molecule has 0 aromatic heterocycles. The van der Waals surface area contributed by atoms with Crippen LogP contribution in [-0.2, 0) is 16.1 Å². The summed E-state index contributed by atoms with van der Waals surface area (Å²) < 4.78 is 0. The van der Waals surface area contributed by atoms with Crippen molar-refractivity contribution < 1.29 is 19.5 Å². The van der Waals surface area contributed by atoms with E-state index in [-0.39, 0.29) is 41.6 Å². The Balaban J connectivity index is 1.30. The van der Waals surface area contributed by atoms with Crippen LogP contribution in [0.5, 0.6) is 5.75 Å². The molecule has 31 heavy (non-hydrogen) atoms. The maximum Gasteiger partial charge on any atom is 0.227 e. The number of carbonyl (C=O) groups excluding carboxylic acids is 3. The summed E-state index contributed by atoms with van der Waals surface area (Å²) in [6.45, 7) is 4.09. The summed E-state index contributed by atoms with van der Waals surface area (Å²) in [5.41, 5.74) is 2.84. The maximum absolute atomic E-state index is 13.0. The zero-order chi connectivity index (χ0) is 22.0. The van der Waals surface area contributed by atoms with Gasteiger partial charge in [-0.3, -0.25) is 14.4 Å². The Morgan fingerprint density at radius 2 is 1.61 bits per heavy atom. The van der Waals surface area contributed by atoms with Crippen molar-refractivity contribution in [2.75, 3.05) is 19.6 Å². The van der Waals surface area contributed by atoms with Crippen LogP contribution in [0.25, 0.3) is 0 Å². The van der Waals surface area contributed by atoms with Crippen molar-refractivity contribution in [1.29, 1.82) is 0 Å². The molecular weight excluding hydrogens is 392 g/mol. The van der Waals surface area contributed by atoms with E-state index in [0.29, 0.717) is 44.6 Å². The number of piperidine rings is 1. The van der Waals surface area contributed by atoms with Crippen molar-refractivity contribution in [3.8, 4) is 5.75 Å². The van der Waals surface area contributed by atoms with Crippen LogP contribution in [0.15, 0.2) is 48.5 Å². The van der Waals surface area contributed by atoms with Crippen molar-refractivity contribution in [3.05, 3.63) is 65.2 Å². The van der Waals surface area contributed by atoms with Gasteiger partial charge in [-0.2, -0.15) is 0 Å². The van der Waals surface area contributed by atoms with Gasteiger partial charge in [0, 0.05) is 44.1 Å². The highest BCUT2D eigenvalue weighted by Crippen LogP contribution is 2.27. The Labute approximate surface area is 182 Å². The minimum Gasteiger partial charge on any atom is -0.508 e. The minimum absolute atomic E-state index is 0.0234. The number of hydrogen-bond acceptors (Lipinski definition) is 4. The van der Waals surface area contributed by atoms with Crippen LogP contribution in [0.4, 0.5) is 0 Å². The van der Waals surface area contributed by atoms with E-state index >= 15 is 0 Å². The second kappa shape index (κ2) is 8.92. The van der Waals surface area contributed by atoms with Crippen LogP contribution in [0, 0.1) is 18.8 Å². The topological polar surface area (TPSA) is 77.9 Å². The lowest BCUT2D eigenvalue weighted by molar-refractivity contribution is -0.137. The SMILES string of the molecule is Cc1ccc(CN2CC(C(=O)N3CCC(C(=O)c4ccc(O)cc4)CC3)CC2=O)cc1. The number of Topliss-reactive ketones (excluding diaryl/α,β-unsaturated/α-hetero) is 1. The Morgan fingerprint density at radius 1 is 0.968 bits per heavy atom. The highest BCUT2D eigenvalue weighted by molar-refractivity contribution is 5.98. The number of aryl methyl sites for hydroxylation is 1. The first-order valence-electron chi connectivity index (χ1n) is 10.9. The molecule has 0 aliphatic carbocycles. The molecule has 4 rings (SSSR count). The molecule has 0 spiro atoms. The Bertz CT molecular complexity index is 960. The molecule has 1 atom stereocenters. The monoisotopic (exact) mass is 420 g/mol. The maximum atomic E-state index is 13.0. The summed E-state index contributed by atoms with van der Waals surface area (Å²) in [4.78, 5) is 41.7. The van der Waals surface area contributed by atoms with Crippen molar-refractivity contribution in [3.63, 3.8) is 0 Å². The first-order valence-corrected chi connectivity index (χ1v) is 10.9. The van der Waals surface area contributed by atoms with Gasteiger partial charge in [0.25, 0.3) is 0 Å². The number of phenols is 1. The molecule has 6 heteroatoms. The number of carbonyl (C=O) groups is 3. The number of phenolic OH excluding ortho intramolecular Hbond substituents is 1. The van der Waals surface area contributed by atoms with E-state index in [2.05, 4.69) is 0 Å². The third-order valence-electron chi connectivity index (χ3n) is 6.39. The molecular formula is C25H28N2O4. The quantitative estimate of drug-likeness (QED) is 0.754. The standard InChI is InChI=1S/C25H28N2O4/c1-17-2-4-18(5-3-17)15-27-16-21(14-23(27)29)25(31)26-12-10-20(11-13-26)24(30)19-6-8-22(28)9-7-19/h2-9,20-21,28H,10-16H2,1H3. The van der Waals surface area contributed by atoms with E-state index in [0.717, 1.165) is 5.56 Å². The number of benzene rings is 2. The fourth-order valence-corrected chi connectivity index (χ4v) is 4.49. The first kappa shape index (κ1) is 21.1. The summed E-state index contributed by atoms with van der Waals surface area (Å²) in [5, 5.41) is 9.40. The Morgan fingerprint density at radius 3 is 2.26 bits per heavy atom. The molecule has 2 aromatic carbocycles. The van der Waals surface area contributed by atoms with Gasteiger partial charge in [0.05, 0.1) is 5.92 Å². The van der Waals surface area contributed by atoms with Gasteiger partial charge in [-0.1, -0.05) is 29.8 Å². The average molecular weight is 421 g/mol. The number of nitrogens with zero attached hydrogens (tertiary/aromatic N) is 2. The van der Waals surface area contributed by atoms with Crippen LogP contribution in [0.1, 0.15) is 40.7 Å². The molecule has 2 saturated heterocycles. The van der Waals surface area contributed by atoms with Crippen molar-refractivity contribution >= 4 is 17.6 Å². The molecule has 2 aromatic rings. The van der Waals surface area contributed by atoms with Gasteiger partial charge in [-0.05, 0) is 49.6 Å². The lowest BCUT2D eigenvalue weighted by Gasteiger charge is -2.33. The molecule has 2 amide bonds. The van der Waals surface area contributed by atoms with Gasteiger partial charge in [0.1, 0.15) is 5.75 Å². The normalized spacial score (nSPS) is 19.6. The van der Waals surface area contributed by atoms with E-state index < -0.39 is 0 Å². The fourth-order valence-electron chi connectivity index (χ4n) is 4.49. The fraction of sp³-hybridized carbons (Fsp3) is 0.400. The predicted molar refractivity (Wildman–Crippen MR) is 116 cm³/mol. The molecule has 6 nitrogen and oxygen atoms in total. The number of hydrogen-bond donors (Lipinski definition) is 1. The van der Waals surface area contributed by atoms with Crippen LogP contribution >= 0.6 is 0 Å². The number of ketones is 1. The molecule has 0 saturated carbocycles. The molecule has 2 heterocycles. The molecule has 2 fully saturated rings. The smallest absolute Gasteiger partial charge is 0.227 e. The third-order valence-corrected chi connectivity index (χ3v) is 6.39. The summed E-state index contributed by atoms with van der Waals surface area (Å²) in [5.74, 6) is -0.169. The highest BCUT2D eigenvalue weighted by Gasteiger charge is 2.38. The van der Waals surface area contributed by atoms with Gasteiger partial charge in [-0.25, -0.2) is 0 Å². The number of likely N-dealkylation sites (tertiary alicyclic amines) is 2.